The Bertz CT molecular complexity index is 437. The van der Waals surface area contributed by atoms with Gasteiger partial charge in [-0.3, -0.25) is 0 Å². The molecule has 0 fully saturated rings. The molecule has 0 spiro atoms. The van der Waals surface area contributed by atoms with Gasteiger partial charge >= 0.3 is 0 Å². The van der Waals surface area contributed by atoms with Crippen molar-refractivity contribution >= 4 is 11.4 Å². The molecule has 2 N–H and O–H groups in total. The van der Waals surface area contributed by atoms with Crippen molar-refractivity contribution in [2.75, 3.05) is 17.2 Å². The molecule has 1 heterocycles. The van der Waals surface area contributed by atoms with Crippen LogP contribution in [-0.2, 0) is 6.42 Å². The summed E-state index contributed by atoms with van der Waals surface area (Å²) in [7, 11) is 0. The van der Waals surface area contributed by atoms with E-state index < -0.39 is 0 Å². The van der Waals surface area contributed by atoms with Crippen LogP contribution in [0, 0.1) is 0 Å². The van der Waals surface area contributed by atoms with Gasteiger partial charge in [-0.15, -0.1) is 0 Å². The van der Waals surface area contributed by atoms with Crippen LogP contribution >= 0.6 is 0 Å². The van der Waals surface area contributed by atoms with Gasteiger partial charge in [0.05, 0.1) is 0 Å². The molecule has 2 aliphatic rings. The molecule has 1 aliphatic heterocycles. The van der Waals surface area contributed by atoms with Crippen molar-refractivity contribution in [1.82, 2.24) is 0 Å². The second kappa shape index (κ2) is 4.44. The molecule has 2 nitrogen and oxygen atoms in total. The zero-order chi connectivity index (χ0) is 11.7. The second-order valence-corrected chi connectivity index (χ2v) is 5.11. The van der Waals surface area contributed by atoms with Crippen LogP contribution in [0.15, 0.2) is 30.4 Å². The summed E-state index contributed by atoms with van der Waals surface area (Å²) >= 11 is 0. The first-order chi connectivity index (χ1) is 8.34. The first-order valence-electron chi connectivity index (χ1n) is 6.66. The zero-order valence-corrected chi connectivity index (χ0v) is 10.2. The Kier molecular flexibility index (Phi) is 2.79. The van der Waals surface area contributed by atoms with Gasteiger partial charge in [0.25, 0.3) is 0 Å². The predicted octanol–water partition coefficient (Wildman–Crippen LogP) is 3.13. The van der Waals surface area contributed by atoms with E-state index in [1.165, 1.54) is 49.9 Å². The van der Waals surface area contributed by atoms with E-state index in [-0.39, 0.29) is 0 Å². The fourth-order valence-electron chi connectivity index (χ4n) is 3.04. The molecule has 1 unspecified atom stereocenters. The van der Waals surface area contributed by atoms with Crippen LogP contribution in [0.25, 0.3) is 0 Å². The second-order valence-electron chi connectivity index (χ2n) is 5.11. The molecule has 2 heteroatoms. The average molecular weight is 228 g/mol. The summed E-state index contributed by atoms with van der Waals surface area (Å²) in [5.74, 6) is 0. The molecule has 1 aliphatic carbocycles. The van der Waals surface area contributed by atoms with E-state index in [0.717, 1.165) is 5.69 Å². The quantitative estimate of drug-likeness (QED) is 0.591. The van der Waals surface area contributed by atoms with E-state index in [9.17, 15) is 0 Å². The van der Waals surface area contributed by atoms with Crippen LogP contribution in [0.5, 0.6) is 0 Å². The lowest BCUT2D eigenvalue weighted by atomic mass is 9.95. The number of nitrogens with zero attached hydrogens (tertiary/aromatic N) is 1. The topological polar surface area (TPSA) is 29.3 Å². The Hall–Kier alpha value is -1.44. The van der Waals surface area contributed by atoms with E-state index in [1.54, 1.807) is 0 Å². The molecule has 1 aromatic carbocycles. The standard InChI is InChI=1S/C15H20N2/c16-13-8-9-15-12(11-13)5-4-10-17(15)14-6-2-1-3-7-14/h2,6,8-9,11,14H,1,3-5,7,10,16H2. The Morgan fingerprint density at radius 1 is 1.24 bits per heavy atom. The van der Waals surface area contributed by atoms with Crippen LogP contribution < -0.4 is 10.6 Å². The number of fused-ring (bicyclic) bond motifs is 1. The number of nitrogen functional groups attached to an aromatic ring is 1. The first-order valence-corrected chi connectivity index (χ1v) is 6.66. The molecule has 1 atom stereocenters. The number of allylic oxidation sites excluding steroid dienone is 1. The minimum atomic E-state index is 0.603. The lowest BCUT2D eigenvalue weighted by molar-refractivity contribution is 0.562. The molecule has 0 saturated heterocycles. The van der Waals surface area contributed by atoms with Gasteiger partial charge in [-0.05, 0) is 55.9 Å². The zero-order valence-electron chi connectivity index (χ0n) is 10.2. The van der Waals surface area contributed by atoms with E-state index in [0.29, 0.717) is 6.04 Å². The van der Waals surface area contributed by atoms with Gasteiger partial charge in [0.2, 0.25) is 0 Å². The van der Waals surface area contributed by atoms with Crippen LogP contribution in [0.4, 0.5) is 11.4 Å². The Balaban J connectivity index is 1.93. The summed E-state index contributed by atoms with van der Waals surface area (Å²) in [6, 6.07) is 6.98. The number of anilines is 2. The molecular formula is C15H20N2. The number of benzene rings is 1. The summed E-state index contributed by atoms with van der Waals surface area (Å²) < 4.78 is 0. The van der Waals surface area contributed by atoms with Crippen molar-refractivity contribution in [2.24, 2.45) is 0 Å². The number of hydrogen-bond acceptors (Lipinski definition) is 2. The van der Waals surface area contributed by atoms with E-state index >= 15 is 0 Å². The molecule has 0 amide bonds. The minimum Gasteiger partial charge on any atom is -0.399 e. The minimum absolute atomic E-state index is 0.603. The third-order valence-electron chi connectivity index (χ3n) is 3.89. The van der Waals surface area contributed by atoms with Gasteiger partial charge in [0.15, 0.2) is 0 Å². The highest BCUT2D eigenvalue weighted by Crippen LogP contribution is 2.32. The summed E-state index contributed by atoms with van der Waals surface area (Å²) in [5.41, 5.74) is 9.60. The molecule has 3 rings (SSSR count). The van der Waals surface area contributed by atoms with Crippen LogP contribution in [0.1, 0.15) is 31.2 Å². The Morgan fingerprint density at radius 2 is 2.18 bits per heavy atom. The van der Waals surface area contributed by atoms with Crippen LogP contribution in [-0.4, -0.2) is 12.6 Å². The lowest BCUT2D eigenvalue weighted by Crippen LogP contribution is -2.38. The molecular weight excluding hydrogens is 208 g/mol. The molecule has 0 aromatic heterocycles. The van der Waals surface area contributed by atoms with Crippen molar-refractivity contribution in [3.8, 4) is 0 Å². The van der Waals surface area contributed by atoms with Gasteiger partial charge in [-0.1, -0.05) is 12.2 Å². The largest absolute Gasteiger partial charge is 0.399 e. The average Bonchev–Trinajstić information content (AvgIpc) is 2.39. The monoisotopic (exact) mass is 228 g/mol. The van der Waals surface area contributed by atoms with Crippen LogP contribution in [0.2, 0.25) is 0 Å². The van der Waals surface area contributed by atoms with Crippen molar-refractivity contribution in [3.63, 3.8) is 0 Å². The molecule has 90 valence electrons. The molecule has 0 saturated carbocycles. The van der Waals surface area contributed by atoms with Gasteiger partial charge in [-0.2, -0.15) is 0 Å². The number of aryl methyl sites for hydroxylation is 1. The summed E-state index contributed by atoms with van der Waals surface area (Å²) in [6.07, 6.45) is 11.0. The number of rotatable bonds is 1. The highest BCUT2D eigenvalue weighted by Gasteiger charge is 2.23. The van der Waals surface area contributed by atoms with Gasteiger partial charge in [0, 0.05) is 24.0 Å². The summed E-state index contributed by atoms with van der Waals surface area (Å²) in [4.78, 5) is 2.56. The van der Waals surface area contributed by atoms with Crippen LogP contribution in [0.3, 0.4) is 0 Å². The number of hydrogen-bond donors (Lipinski definition) is 1. The van der Waals surface area contributed by atoms with Crippen molar-refractivity contribution in [2.45, 2.75) is 38.1 Å². The van der Waals surface area contributed by atoms with Gasteiger partial charge < -0.3 is 10.6 Å². The van der Waals surface area contributed by atoms with Crippen molar-refractivity contribution < 1.29 is 0 Å². The molecule has 0 bridgehead atoms. The predicted molar refractivity (Wildman–Crippen MR) is 73.3 cm³/mol. The normalized spacial score (nSPS) is 23.5. The smallest absolute Gasteiger partial charge is 0.0473 e. The maximum atomic E-state index is 5.87. The highest BCUT2D eigenvalue weighted by atomic mass is 15.2. The van der Waals surface area contributed by atoms with Crippen molar-refractivity contribution in [1.29, 1.82) is 0 Å². The number of nitrogens with two attached hydrogens (primary N) is 1. The fourth-order valence-corrected chi connectivity index (χ4v) is 3.04. The van der Waals surface area contributed by atoms with E-state index in [2.05, 4.69) is 29.2 Å². The molecule has 0 radical (unpaired) electrons. The Labute approximate surface area is 103 Å². The molecule has 1 aromatic rings. The van der Waals surface area contributed by atoms with Gasteiger partial charge in [0.1, 0.15) is 0 Å². The van der Waals surface area contributed by atoms with E-state index in [1.807, 2.05) is 6.07 Å². The molecule has 17 heavy (non-hydrogen) atoms. The lowest BCUT2D eigenvalue weighted by Gasteiger charge is -2.38. The van der Waals surface area contributed by atoms with Crippen molar-refractivity contribution in [3.05, 3.63) is 35.9 Å². The Morgan fingerprint density at radius 3 is 3.00 bits per heavy atom. The SMILES string of the molecule is Nc1ccc2c(c1)CCCN2C1C=CCCC1. The fraction of sp³-hybridized carbons (Fsp3) is 0.467. The van der Waals surface area contributed by atoms with Gasteiger partial charge in [-0.25, -0.2) is 0 Å². The first kappa shape index (κ1) is 10.7. The third-order valence-corrected chi connectivity index (χ3v) is 3.89. The maximum Gasteiger partial charge on any atom is 0.0473 e. The maximum absolute atomic E-state index is 5.87. The highest BCUT2D eigenvalue weighted by molar-refractivity contribution is 5.62. The third kappa shape index (κ3) is 2.04. The summed E-state index contributed by atoms with van der Waals surface area (Å²) in [5, 5.41) is 0. The van der Waals surface area contributed by atoms with E-state index in [4.69, 9.17) is 5.73 Å². The summed E-state index contributed by atoms with van der Waals surface area (Å²) in [6.45, 7) is 1.19.